The van der Waals surface area contributed by atoms with Gasteiger partial charge in [0, 0.05) is 23.7 Å². The van der Waals surface area contributed by atoms with Crippen LogP contribution in [0.5, 0.6) is 11.5 Å². The van der Waals surface area contributed by atoms with E-state index in [0.717, 1.165) is 17.7 Å². The van der Waals surface area contributed by atoms with E-state index in [4.69, 9.17) is 9.47 Å². The van der Waals surface area contributed by atoms with Gasteiger partial charge >= 0.3 is 0 Å². The minimum Gasteiger partial charge on any atom is -0.486 e. The average Bonchev–Trinajstić information content (AvgIpc) is 3.28. The van der Waals surface area contributed by atoms with Crippen molar-refractivity contribution >= 4 is 33.4 Å². The molecule has 9 heteroatoms. The molecule has 1 amide bonds. The zero-order valence-electron chi connectivity index (χ0n) is 15.8. The third-order valence-corrected chi connectivity index (χ3v) is 7.63. The third kappa shape index (κ3) is 4.68. The van der Waals surface area contributed by atoms with Crippen LogP contribution in [0.15, 0.2) is 52.3 Å². The van der Waals surface area contributed by atoms with Gasteiger partial charge in [-0.3, -0.25) is 4.79 Å². The Labute approximate surface area is 174 Å². The number of fused-ring (bicyclic) bond motifs is 1. The van der Waals surface area contributed by atoms with Crippen LogP contribution in [0.3, 0.4) is 0 Å². The first-order valence-electron chi connectivity index (χ1n) is 9.45. The molecule has 2 aliphatic heterocycles. The number of amides is 1. The number of thioether (sulfide) groups is 1. The number of nitrogens with one attached hydrogen (secondary N) is 1. The van der Waals surface area contributed by atoms with Crippen molar-refractivity contribution in [3.05, 3.63) is 42.5 Å². The molecule has 0 saturated carbocycles. The van der Waals surface area contributed by atoms with Gasteiger partial charge in [-0.25, -0.2) is 8.42 Å². The van der Waals surface area contributed by atoms with Gasteiger partial charge in [0.25, 0.3) is 0 Å². The number of ether oxygens (including phenoxy) is 2. The van der Waals surface area contributed by atoms with Crippen molar-refractivity contribution in [2.75, 3.05) is 37.4 Å². The van der Waals surface area contributed by atoms with Crippen LogP contribution >= 0.6 is 11.8 Å². The summed E-state index contributed by atoms with van der Waals surface area (Å²) in [6.45, 7) is 2.20. The Morgan fingerprint density at radius 1 is 1.00 bits per heavy atom. The highest BCUT2D eigenvalue weighted by Gasteiger charge is 2.26. The van der Waals surface area contributed by atoms with Crippen molar-refractivity contribution in [3.8, 4) is 11.5 Å². The van der Waals surface area contributed by atoms with Crippen molar-refractivity contribution in [3.63, 3.8) is 0 Å². The van der Waals surface area contributed by atoms with E-state index in [1.54, 1.807) is 12.1 Å². The lowest BCUT2D eigenvalue weighted by molar-refractivity contribution is -0.113. The quantitative estimate of drug-likeness (QED) is 0.704. The van der Waals surface area contributed by atoms with E-state index in [1.165, 1.54) is 28.2 Å². The van der Waals surface area contributed by atoms with Crippen LogP contribution in [0.1, 0.15) is 12.8 Å². The topological polar surface area (TPSA) is 84.9 Å². The molecule has 7 nitrogen and oxygen atoms in total. The van der Waals surface area contributed by atoms with Gasteiger partial charge < -0.3 is 14.8 Å². The fraction of sp³-hybridized carbons (Fsp3) is 0.350. The van der Waals surface area contributed by atoms with Gasteiger partial charge in [0.05, 0.1) is 10.6 Å². The molecule has 0 unspecified atom stereocenters. The Bertz CT molecular complexity index is 986. The Kier molecular flexibility index (Phi) is 5.98. The predicted molar refractivity (Wildman–Crippen MR) is 111 cm³/mol. The van der Waals surface area contributed by atoms with Crippen LogP contribution in [0.25, 0.3) is 0 Å². The second kappa shape index (κ2) is 8.64. The summed E-state index contributed by atoms with van der Waals surface area (Å²) in [6, 6.07) is 11.9. The molecule has 2 heterocycles. The van der Waals surface area contributed by atoms with E-state index in [0.29, 0.717) is 43.5 Å². The Balaban J connectivity index is 1.33. The van der Waals surface area contributed by atoms with Crippen molar-refractivity contribution in [1.29, 1.82) is 0 Å². The predicted octanol–water partition coefficient (Wildman–Crippen LogP) is 2.97. The Morgan fingerprint density at radius 3 is 2.41 bits per heavy atom. The largest absolute Gasteiger partial charge is 0.486 e. The Hall–Kier alpha value is -2.23. The molecule has 0 radical (unpaired) electrons. The number of carbonyl (C=O) groups excluding carboxylic acids is 1. The van der Waals surface area contributed by atoms with E-state index < -0.39 is 10.0 Å². The number of hydrogen-bond donors (Lipinski definition) is 1. The van der Waals surface area contributed by atoms with Crippen molar-refractivity contribution in [2.24, 2.45) is 0 Å². The van der Waals surface area contributed by atoms with Crippen LogP contribution < -0.4 is 14.8 Å². The zero-order valence-corrected chi connectivity index (χ0v) is 17.4. The van der Waals surface area contributed by atoms with Crippen LogP contribution in [0.2, 0.25) is 0 Å². The number of sulfonamides is 1. The van der Waals surface area contributed by atoms with Gasteiger partial charge in [0.1, 0.15) is 13.2 Å². The SMILES string of the molecule is O=C(CSc1ccc2c(c1)OCCO2)Nc1ccc(S(=O)(=O)N2CCCC2)cc1. The molecular weight excluding hydrogens is 412 g/mol. The van der Waals surface area contributed by atoms with E-state index in [1.807, 2.05) is 18.2 Å². The first kappa shape index (κ1) is 20.1. The molecule has 0 aromatic heterocycles. The highest BCUT2D eigenvalue weighted by Crippen LogP contribution is 2.34. The molecule has 2 aromatic carbocycles. The standard InChI is InChI=1S/C20H22N2O5S2/c23-20(14-28-16-5-8-18-19(13-16)27-12-11-26-18)21-15-3-6-17(7-4-15)29(24,25)22-9-1-2-10-22/h3-8,13H,1-2,9-12,14H2,(H,21,23). The van der Waals surface area contributed by atoms with Gasteiger partial charge in [0.15, 0.2) is 11.5 Å². The molecule has 1 fully saturated rings. The molecule has 1 saturated heterocycles. The van der Waals surface area contributed by atoms with Gasteiger partial charge in [-0.2, -0.15) is 4.31 Å². The summed E-state index contributed by atoms with van der Waals surface area (Å²) < 4.78 is 37.6. The number of anilines is 1. The molecule has 154 valence electrons. The van der Waals surface area contributed by atoms with E-state index in [2.05, 4.69) is 5.32 Å². The molecular formula is C20H22N2O5S2. The fourth-order valence-corrected chi connectivity index (χ4v) is 5.49. The van der Waals surface area contributed by atoms with Gasteiger partial charge in [-0.15, -0.1) is 11.8 Å². The van der Waals surface area contributed by atoms with Crippen LogP contribution in [-0.4, -0.2) is 50.7 Å². The maximum atomic E-state index is 12.5. The van der Waals surface area contributed by atoms with Gasteiger partial charge in [-0.05, 0) is 55.3 Å². The molecule has 1 N–H and O–H groups in total. The number of nitrogens with zero attached hydrogens (tertiary/aromatic N) is 1. The smallest absolute Gasteiger partial charge is 0.243 e. The molecule has 4 rings (SSSR count). The minimum absolute atomic E-state index is 0.167. The van der Waals surface area contributed by atoms with Crippen LogP contribution in [0.4, 0.5) is 5.69 Å². The fourth-order valence-electron chi connectivity index (χ4n) is 3.25. The van der Waals surface area contributed by atoms with Crippen molar-refractivity contribution < 1.29 is 22.7 Å². The van der Waals surface area contributed by atoms with Crippen LogP contribution in [0, 0.1) is 0 Å². The average molecular weight is 435 g/mol. The summed E-state index contributed by atoms with van der Waals surface area (Å²) in [5.41, 5.74) is 0.568. The maximum absolute atomic E-state index is 12.5. The monoisotopic (exact) mass is 434 g/mol. The number of carbonyl (C=O) groups is 1. The van der Waals surface area contributed by atoms with E-state index >= 15 is 0 Å². The normalized spacial score (nSPS) is 16.6. The number of benzene rings is 2. The lowest BCUT2D eigenvalue weighted by Gasteiger charge is -2.18. The molecule has 29 heavy (non-hydrogen) atoms. The highest BCUT2D eigenvalue weighted by molar-refractivity contribution is 8.00. The second-order valence-electron chi connectivity index (χ2n) is 6.78. The highest BCUT2D eigenvalue weighted by atomic mass is 32.2. The molecule has 0 aliphatic carbocycles. The summed E-state index contributed by atoms with van der Waals surface area (Å²) in [5.74, 6) is 1.47. The summed E-state index contributed by atoms with van der Waals surface area (Å²) >= 11 is 1.39. The lowest BCUT2D eigenvalue weighted by atomic mass is 10.3. The van der Waals surface area contributed by atoms with Gasteiger partial charge in [-0.1, -0.05) is 0 Å². The van der Waals surface area contributed by atoms with Crippen molar-refractivity contribution in [1.82, 2.24) is 4.31 Å². The van der Waals surface area contributed by atoms with Crippen LogP contribution in [-0.2, 0) is 14.8 Å². The summed E-state index contributed by atoms with van der Waals surface area (Å²) in [4.78, 5) is 13.4. The maximum Gasteiger partial charge on any atom is 0.243 e. The first-order valence-corrected chi connectivity index (χ1v) is 11.9. The molecule has 0 atom stereocenters. The second-order valence-corrected chi connectivity index (χ2v) is 9.76. The zero-order chi connectivity index (χ0) is 20.3. The minimum atomic E-state index is -3.44. The van der Waals surface area contributed by atoms with E-state index in [-0.39, 0.29) is 16.6 Å². The lowest BCUT2D eigenvalue weighted by Crippen LogP contribution is -2.27. The number of hydrogen-bond acceptors (Lipinski definition) is 6. The summed E-state index contributed by atoms with van der Waals surface area (Å²) in [7, 11) is -3.44. The number of rotatable bonds is 6. The molecule has 0 spiro atoms. The summed E-state index contributed by atoms with van der Waals surface area (Å²) in [6.07, 6.45) is 1.79. The Morgan fingerprint density at radius 2 is 1.69 bits per heavy atom. The van der Waals surface area contributed by atoms with E-state index in [9.17, 15) is 13.2 Å². The molecule has 0 bridgehead atoms. The summed E-state index contributed by atoms with van der Waals surface area (Å²) in [5, 5.41) is 2.80. The first-order chi connectivity index (χ1) is 14.0. The van der Waals surface area contributed by atoms with Gasteiger partial charge in [0.2, 0.25) is 15.9 Å². The molecule has 2 aromatic rings. The third-order valence-electron chi connectivity index (χ3n) is 4.72. The molecule has 2 aliphatic rings. The van der Waals surface area contributed by atoms with Crippen molar-refractivity contribution in [2.45, 2.75) is 22.6 Å².